The van der Waals surface area contributed by atoms with E-state index in [4.69, 9.17) is 4.74 Å². The van der Waals surface area contributed by atoms with Crippen LogP contribution in [0.4, 0.5) is 4.39 Å². The average molecular weight is 429 g/mol. The summed E-state index contributed by atoms with van der Waals surface area (Å²) in [6.45, 7) is 11.5. The standard InChI is InChI=1S/C25H33FN2O3/c1-7-21(24(30)27-25(4,5)6)28(15-19-11-13-20(26)14-12-19)23(29)16-31-22-10-8-9-17(2)18(22)3/h8-14,21H,7,15-16H2,1-6H3,(H,27,30). The van der Waals surface area contributed by atoms with Crippen molar-refractivity contribution in [2.45, 2.75) is 66.1 Å². The van der Waals surface area contributed by atoms with Crippen molar-refractivity contribution in [2.75, 3.05) is 6.61 Å². The number of hydrogen-bond donors (Lipinski definition) is 1. The number of hydrogen-bond acceptors (Lipinski definition) is 3. The Bertz CT molecular complexity index is 904. The van der Waals surface area contributed by atoms with Gasteiger partial charge in [0.05, 0.1) is 0 Å². The van der Waals surface area contributed by atoms with E-state index in [2.05, 4.69) is 5.32 Å². The van der Waals surface area contributed by atoms with Crippen molar-refractivity contribution in [1.82, 2.24) is 10.2 Å². The van der Waals surface area contributed by atoms with Crippen LogP contribution in [0.15, 0.2) is 42.5 Å². The van der Waals surface area contributed by atoms with Crippen molar-refractivity contribution in [1.29, 1.82) is 0 Å². The number of amides is 2. The van der Waals surface area contributed by atoms with Gasteiger partial charge in [-0.2, -0.15) is 0 Å². The zero-order chi connectivity index (χ0) is 23.2. The fourth-order valence-corrected chi connectivity index (χ4v) is 3.26. The molecule has 2 amide bonds. The Morgan fingerprint density at radius 3 is 2.32 bits per heavy atom. The Labute approximate surface area is 184 Å². The first-order valence-corrected chi connectivity index (χ1v) is 10.6. The third kappa shape index (κ3) is 7.09. The summed E-state index contributed by atoms with van der Waals surface area (Å²) in [6.07, 6.45) is 0.443. The first-order valence-electron chi connectivity index (χ1n) is 10.6. The summed E-state index contributed by atoms with van der Waals surface area (Å²) in [4.78, 5) is 27.7. The molecule has 168 valence electrons. The van der Waals surface area contributed by atoms with Crippen molar-refractivity contribution < 1.29 is 18.7 Å². The van der Waals surface area contributed by atoms with Gasteiger partial charge in [0, 0.05) is 12.1 Å². The number of nitrogens with zero attached hydrogens (tertiary/aromatic N) is 1. The second-order valence-electron chi connectivity index (χ2n) is 8.80. The van der Waals surface area contributed by atoms with E-state index in [1.807, 2.05) is 59.7 Å². The van der Waals surface area contributed by atoms with Crippen LogP contribution < -0.4 is 10.1 Å². The van der Waals surface area contributed by atoms with Gasteiger partial charge in [-0.15, -0.1) is 0 Å². The molecule has 2 aromatic rings. The quantitative estimate of drug-likeness (QED) is 0.671. The second-order valence-corrected chi connectivity index (χ2v) is 8.80. The Morgan fingerprint density at radius 1 is 1.10 bits per heavy atom. The van der Waals surface area contributed by atoms with Gasteiger partial charge in [-0.05, 0) is 75.9 Å². The molecule has 31 heavy (non-hydrogen) atoms. The highest BCUT2D eigenvalue weighted by Gasteiger charge is 2.31. The van der Waals surface area contributed by atoms with E-state index >= 15 is 0 Å². The smallest absolute Gasteiger partial charge is 0.261 e. The molecule has 5 nitrogen and oxygen atoms in total. The number of halogens is 1. The molecular formula is C25H33FN2O3. The molecule has 0 bridgehead atoms. The molecule has 0 aliphatic carbocycles. The first-order chi connectivity index (χ1) is 14.5. The predicted octanol–water partition coefficient (Wildman–Crippen LogP) is 4.54. The second kappa shape index (κ2) is 10.4. The maximum atomic E-state index is 13.3. The van der Waals surface area contributed by atoms with Gasteiger partial charge in [0.25, 0.3) is 5.91 Å². The Kier molecular flexibility index (Phi) is 8.20. The third-order valence-electron chi connectivity index (χ3n) is 5.06. The molecule has 2 aromatic carbocycles. The molecule has 0 aliphatic heterocycles. The van der Waals surface area contributed by atoms with Crippen LogP contribution >= 0.6 is 0 Å². The summed E-state index contributed by atoms with van der Waals surface area (Å²) in [7, 11) is 0. The maximum Gasteiger partial charge on any atom is 0.261 e. The van der Waals surface area contributed by atoms with Crippen LogP contribution in [0.5, 0.6) is 5.75 Å². The zero-order valence-electron chi connectivity index (χ0n) is 19.3. The van der Waals surface area contributed by atoms with Crippen LogP contribution in [0.2, 0.25) is 0 Å². The lowest BCUT2D eigenvalue weighted by Gasteiger charge is -2.33. The fourth-order valence-electron chi connectivity index (χ4n) is 3.26. The SMILES string of the molecule is CCC(C(=O)NC(C)(C)C)N(Cc1ccc(F)cc1)C(=O)COc1cccc(C)c1C. The van der Waals surface area contributed by atoms with Crippen molar-refractivity contribution in [3.8, 4) is 5.75 Å². The highest BCUT2D eigenvalue weighted by atomic mass is 19.1. The van der Waals surface area contributed by atoms with Crippen molar-refractivity contribution >= 4 is 11.8 Å². The lowest BCUT2D eigenvalue weighted by Crippen LogP contribution is -2.54. The van der Waals surface area contributed by atoms with Gasteiger partial charge in [-0.25, -0.2) is 4.39 Å². The molecule has 1 unspecified atom stereocenters. The molecule has 0 heterocycles. The topological polar surface area (TPSA) is 58.6 Å². The lowest BCUT2D eigenvalue weighted by molar-refractivity contribution is -0.143. The molecule has 0 saturated carbocycles. The summed E-state index contributed by atoms with van der Waals surface area (Å²) in [5.41, 5.74) is 2.36. The average Bonchev–Trinajstić information content (AvgIpc) is 2.69. The highest BCUT2D eigenvalue weighted by molar-refractivity contribution is 5.88. The van der Waals surface area contributed by atoms with Crippen LogP contribution in [0.1, 0.15) is 50.8 Å². The molecular weight excluding hydrogens is 395 g/mol. The summed E-state index contributed by atoms with van der Waals surface area (Å²) in [6, 6.07) is 11.0. The molecule has 0 aliphatic rings. The molecule has 1 N–H and O–H groups in total. The van der Waals surface area contributed by atoms with Gasteiger partial charge >= 0.3 is 0 Å². The van der Waals surface area contributed by atoms with Crippen LogP contribution in [0.25, 0.3) is 0 Å². The molecule has 6 heteroatoms. The molecule has 0 radical (unpaired) electrons. The monoisotopic (exact) mass is 428 g/mol. The van der Waals surface area contributed by atoms with Crippen molar-refractivity contribution in [2.24, 2.45) is 0 Å². The van der Waals surface area contributed by atoms with Crippen LogP contribution in [0.3, 0.4) is 0 Å². The third-order valence-corrected chi connectivity index (χ3v) is 5.06. The molecule has 0 saturated heterocycles. The van der Waals surface area contributed by atoms with E-state index in [1.165, 1.54) is 17.0 Å². The van der Waals surface area contributed by atoms with Gasteiger partial charge < -0.3 is 15.0 Å². The van der Waals surface area contributed by atoms with E-state index < -0.39 is 11.6 Å². The van der Waals surface area contributed by atoms with Crippen molar-refractivity contribution in [3.05, 3.63) is 65.0 Å². The molecule has 0 spiro atoms. The van der Waals surface area contributed by atoms with Crippen molar-refractivity contribution in [3.63, 3.8) is 0 Å². The minimum Gasteiger partial charge on any atom is -0.483 e. The van der Waals surface area contributed by atoms with Gasteiger partial charge in [0.2, 0.25) is 5.91 Å². The lowest BCUT2D eigenvalue weighted by atomic mass is 10.1. The Hall–Kier alpha value is -2.89. The predicted molar refractivity (Wildman–Crippen MR) is 120 cm³/mol. The largest absolute Gasteiger partial charge is 0.483 e. The normalized spacial score (nSPS) is 12.2. The van der Waals surface area contributed by atoms with Gasteiger partial charge in [-0.1, -0.05) is 31.2 Å². The molecule has 1 atom stereocenters. The Morgan fingerprint density at radius 2 is 1.74 bits per heavy atom. The minimum atomic E-state index is -0.668. The fraction of sp³-hybridized carbons (Fsp3) is 0.440. The zero-order valence-corrected chi connectivity index (χ0v) is 19.3. The number of benzene rings is 2. The number of ether oxygens (including phenoxy) is 1. The van der Waals surface area contributed by atoms with Crippen LogP contribution in [-0.2, 0) is 16.1 Å². The molecule has 2 rings (SSSR count). The van der Waals surface area contributed by atoms with E-state index in [1.54, 1.807) is 12.1 Å². The highest BCUT2D eigenvalue weighted by Crippen LogP contribution is 2.21. The van der Waals surface area contributed by atoms with Crippen LogP contribution in [-0.4, -0.2) is 34.9 Å². The number of carbonyl (C=O) groups excluding carboxylic acids is 2. The van der Waals surface area contributed by atoms with E-state index in [-0.39, 0.29) is 30.8 Å². The maximum absolute atomic E-state index is 13.3. The van der Waals surface area contributed by atoms with E-state index in [0.717, 1.165) is 16.7 Å². The van der Waals surface area contributed by atoms with Crippen LogP contribution in [0, 0.1) is 19.7 Å². The number of nitrogens with one attached hydrogen (secondary N) is 1. The van der Waals surface area contributed by atoms with E-state index in [0.29, 0.717) is 12.2 Å². The molecule has 0 fully saturated rings. The number of aryl methyl sites for hydroxylation is 1. The number of carbonyl (C=O) groups is 2. The summed E-state index contributed by atoms with van der Waals surface area (Å²) in [5.74, 6) is -0.238. The first kappa shape index (κ1) is 24.4. The molecule has 0 aromatic heterocycles. The minimum absolute atomic E-state index is 0.186. The Balaban J connectivity index is 2.26. The summed E-state index contributed by atoms with van der Waals surface area (Å²) in [5, 5.41) is 2.96. The van der Waals surface area contributed by atoms with E-state index in [9.17, 15) is 14.0 Å². The number of rotatable bonds is 8. The summed E-state index contributed by atoms with van der Waals surface area (Å²) < 4.78 is 19.1. The summed E-state index contributed by atoms with van der Waals surface area (Å²) >= 11 is 0. The van der Waals surface area contributed by atoms with Gasteiger partial charge in [0.15, 0.2) is 6.61 Å². The van der Waals surface area contributed by atoms with Gasteiger partial charge in [-0.3, -0.25) is 9.59 Å². The van der Waals surface area contributed by atoms with Gasteiger partial charge in [0.1, 0.15) is 17.6 Å².